The molecule has 1 aromatic carbocycles. The fourth-order valence-electron chi connectivity index (χ4n) is 4.23. The van der Waals surface area contributed by atoms with Crippen molar-refractivity contribution in [2.24, 2.45) is 5.41 Å². The van der Waals surface area contributed by atoms with E-state index in [2.05, 4.69) is 9.97 Å². The molecule has 2 aliphatic rings. The number of nitrogens with zero attached hydrogens (tertiary/aromatic N) is 4. The van der Waals surface area contributed by atoms with Gasteiger partial charge in [-0.25, -0.2) is 9.97 Å². The molecule has 1 spiro atoms. The summed E-state index contributed by atoms with van der Waals surface area (Å²) in [4.78, 5) is 37.7. The molecule has 0 atom stereocenters. The molecular weight excluding hydrogens is 340 g/mol. The van der Waals surface area contributed by atoms with Gasteiger partial charge < -0.3 is 9.80 Å². The Morgan fingerprint density at radius 2 is 1.85 bits per heavy atom. The molecule has 0 bridgehead atoms. The lowest BCUT2D eigenvalue weighted by Gasteiger charge is -2.38. The maximum Gasteiger partial charge on any atom is 0.257 e. The normalized spacial score (nSPS) is 19.0. The summed E-state index contributed by atoms with van der Waals surface area (Å²) in [6, 6.07) is 9.76. The highest BCUT2D eigenvalue weighted by atomic mass is 16.2. The summed E-state index contributed by atoms with van der Waals surface area (Å²) >= 11 is 0. The van der Waals surface area contributed by atoms with Crippen molar-refractivity contribution in [3.05, 3.63) is 47.9 Å². The van der Waals surface area contributed by atoms with Crippen molar-refractivity contribution >= 4 is 11.8 Å². The second-order valence-electron chi connectivity index (χ2n) is 7.76. The van der Waals surface area contributed by atoms with Crippen LogP contribution in [0.3, 0.4) is 0 Å². The molecule has 4 rings (SSSR count). The summed E-state index contributed by atoms with van der Waals surface area (Å²) in [5.74, 6) is 0.838. The largest absolute Gasteiger partial charge is 0.345 e. The van der Waals surface area contributed by atoms with Gasteiger partial charge in [0.05, 0.1) is 11.3 Å². The smallest absolute Gasteiger partial charge is 0.257 e. The fourth-order valence-corrected chi connectivity index (χ4v) is 4.23. The van der Waals surface area contributed by atoms with Crippen molar-refractivity contribution in [2.45, 2.75) is 26.2 Å². The molecule has 2 saturated heterocycles. The van der Waals surface area contributed by atoms with Crippen molar-refractivity contribution in [1.29, 1.82) is 0 Å². The molecule has 3 heterocycles. The predicted octanol–water partition coefficient (Wildman–Crippen LogP) is 2.54. The van der Waals surface area contributed by atoms with Gasteiger partial charge in [0.25, 0.3) is 5.91 Å². The van der Waals surface area contributed by atoms with Crippen LogP contribution >= 0.6 is 0 Å². The van der Waals surface area contributed by atoms with Gasteiger partial charge in [-0.2, -0.15) is 0 Å². The Labute approximate surface area is 159 Å². The maximum atomic E-state index is 13.2. The summed E-state index contributed by atoms with van der Waals surface area (Å²) < 4.78 is 0. The van der Waals surface area contributed by atoms with Crippen molar-refractivity contribution in [2.75, 3.05) is 26.7 Å². The number of likely N-dealkylation sites (tertiary alicyclic amines) is 2. The van der Waals surface area contributed by atoms with E-state index in [0.717, 1.165) is 24.9 Å². The number of hydrogen-bond acceptors (Lipinski definition) is 4. The highest BCUT2D eigenvalue weighted by Gasteiger charge is 2.44. The van der Waals surface area contributed by atoms with Crippen LogP contribution in [0.2, 0.25) is 0 Å². The summed E-state index contributed by atoms with van der Waals surface area (Å²) in [5.41, 5.74) is 2.18. The summed E-state index contributed by atoms with van der Waals surface area (Å²) in [7, 11) is 1.87. The number of aromatic nitrogens is 2. The molecule has 2 aromatic rings. The lowest BCUT2D eigenvalue weighted by Crippen LogP contribution is -2.44. The first-order chi connectivity index (χ1) is 13.0. The molecule has 27 heavy (non-hydrogen) atoms. The highest BCUT2D eigenvalue weighted by molar-refractivity contribution is 5.99. The molecule has 0 aliphatic carbocycles. The van der Waals surface area contributed by atoms with Gasteiger partial charge in [-0.15, -0.1) is 0 Å². The average molecular weight is 364 g/mol. The molecule has 6 heteroatoms. The van der Waals surface area contributed by atoms with E-state index in [0.29, 0.717) is 36.6 Å². The first kappa shape index (κ1) is 17.6. The van der Waals surface area contributed by atoms with Crippen LogP contribution in [0.4, 0.5) is 0 Å². The Kier molecular flexibility index (Phi) is 4.42. The van der Waals surface area contributed by atoms with Crippen LogP contribution in [0.15, 0.2) is 36.5 Å². The van der Waals surface area contributed by atoms with Gasteiger partial charge >= 0.3 is 0 Å². The molecule has 0 unspecified atom stereocenters. The Hall–Kier alpha value is -2.76. The molecule has 0 saturated carbocycles. The van der Waals surface area contributed by atoms with Crippen LogP contribution in [0.1, 0.15) is 35.4 Å². The lowest BCUT2D eigenvalue weighted by atomic mass is 9.77. The summed E-state index contributed by atoms with van der Waals surface area (Å²) in [5, 5.41) is 0. The molecule has 140 valence electrons. The molecule has 0 N–H and O–H groups in total. The van der Waals surface area contributed by atoms with Crippen molar-refractivity contribution in [3.8, 4) is 11.3 Å². The predicted molar refractivity (Wildman–Crippen MR) is 102 cm³/mol. The monoisotopic (exact) mass is 364 g/mol. The fraction of sp³-hybridized carbons (Fsp3) is 0.429. The quantitative estimate of drug-likeness (QED) is 0.821. The van der Waals surface area contributed by atoms with Crippen molar-refractivity contribution < 1.29 is 9.59 Å². The van der Waals surface area contributed by atoms with E-state index in [-0.39, 0.29) is 17.2 Å². The van der Waals surface area contributed by atoms with Crippen LogP contribution in [0.25, 0.3) is 11.3 Å². The Morgan fingerprint density at radius 3 is 2.48 bits per heavy atom. The van der Waals surface area contributed by atoms with Gasteiger partial charge in [-0.3, -0.25) is 9.59 Å². The zero-order chi connectivity index (χ0) is 19.0. The van der Waals surface area contributed by atoms with E-state index in [1.807, 2.05) is 54.1 Å². The van der Waals surface area contributed by atoms with Gasteiger partial charge in [0.2, 0.25) is 5.91 Å². The minimum atomic E-state index is -0.0265. The number of carbonyl (C=O) groups is 2. The molecule has 2 fully saturated rings. The number of piperidine rings is 1. The van der Waals surface area contributed by atoms with Gasteiger partial charge in [0.1, 0.15) is 5.82 Å². The average Bonchev–Trinajstić information content (AvgIpc) is 2.95. The van der Waals surface area contributed by atoms with E-state index in [9.17, 15) is 9.59 Å². The van der Waals surface area contributed by atoms with E-state index >= 15 is 0 Å². The molecule has 1 aromatic heterocycles. The zero-order valence-corrected chi connectivity index (χ0v) is 15.8. The Morgan fingerprint density at radius 1 is 1.15 bits per heavy atom. The second kappa shape index (κ2) is 6.76. The zero-order valence-electron chi connectivity index (χ0n) is 15.8. The highest BCUT2D eigenvalue weighted by Crippen LogP contribution is 2.40. The van der Waals surface area contributed by atoms with Gasteiger partial charge in [-0.05, 0) is 19.8 Å². The first-order valence-electron chi connectivity index (χ1n) is 9.40. The maximum absolute atomic E-state index is 13.2. The summed E-state index contributed by atoms with van der Waals surface area (Å²) in [6.07, 6.45) is 3.98. The minimum absolute atomic E-state index is 0.0265. The van der Waals surface area contributed by atoms with Gasteiger partial charge in [-0.1, -0.05) is 30.3 Å². The number of carbonyl (C=O) groups excluding carboxylic acids is 2. The van der Waals surface area contributed by atoms with Crippen LogP contribution in [-0.2, 0) is 4.79 Å². The van der Waals surface area contributed by atoms with E-state index < -0.39 is 0 Å². The molecular formula is C21H24N4O2. The van der Waals surface area contributed by atoms with E-state index in [4.69, 9.17) is 0 Å². The number of rotatable bonds is 2. The summed E-state index contributed by atoms with van der Waals surface area (Å²) in [6.45, 7) is 3.97. The number of aryl methyl sites for hydroxylation is 1. The number of hydrogen-bond donors (Lipinski definition) is 0. The SMILES string of the molecule is Cc1ncc(C(=O)N2CCC3(CC2)CC(=O)N(C)C3)c(-c2ccccc2)n1. The third-order valence-corrected chi connectivity index (χ3v) is 5.82. The number of benzene rings is 1. The van der Waals surface area contributed by atoms with Gasteiger partial charge in [0, 0.05) is 50.3 Å². The molecule has 2 amide bonds. The third kappa shape index (κ3) is 3.31. The Bertz CT molecular complexity index is 873. The van der Waals surface area contributed by atoms with Crippen LogP contribution in [0.5, 0.6) is 0 Å². The number of amides is 2. The van der Waals surface area contributed by atoms with Crippen molar-refractivity contribution in [1.82, 2.24) is 19.8 Å². The van der Waals surface area contributed by atoms with Crippen LogP contribution < -0.4 is 0 Å². The van der Waals surface area contributed by atoms with Crippen molar-refractivity contribution in [3.63, 3.8) is 0 Å². The molecule has 2 aliphatic heterocycles. The minimum Gasteiger partial charge on any atom is -0.345 e. The van der Waals surface area contributed by atoms with E-state index in [1.165, 1.54) is 0 Å². The van der Waals surface area contributed by atoms with Crippen LogP contribution in [0, 0.1) is 12.3 Å². The topological polar surface area (TPSA) is 66.4 Å². The standard InChI is InChI=1S/C21H24N4O2/c1-15-22-13-17(19(23-15)16-6-4-3-5-7-16)20(27)25-10-8-21(9-11-25)12-18(26)24(2)14-21/h3-7,13H,8-12,14H2,1-2H3. The molecule has 6 nitrogen and oxygen atoms in total. The van der Waals surface area contributed by atoms with E-state index in [1.54, 1.807) is 6.20 Å². The first-order valence-corrected chi connectivity index (χ1v) is 9.40. The lowest BCUT2D eigenvalue weighted by molar-refractivity contribution is -0.126. The third-order valence-electron chi connectivity index (χ3n) is 5.82. The second-order valence-corrected chi connectivity index (χ2v) is 7.76. The molecule has 0 radical (unpaired) electrons. The van der Waals surface area contributed by atoms with Crippen LogP contribution in [-0.4, -0.2) is 58.3 Å². The van der Waals surface area contributed by atoms with Gasteiger partial charge in [0.15, 0.2) is 0 Å². The Balaban J connectivity index is 1.55.